The topological polar surface area (TPSA) is 18.5 Å². The lowest BCUT2D eigenvalue weighted by Crippen LogP contribution is -2.04. The Balaban J connectivity index is 2.74. The quantitative estimate of drug-likeness (QED) is 0.397. The predicted molar refractivity (Wildman–Crippen MR) is 46.7 cm³/mol. The number of hydrogen-bond donors (Lipinski definition) is 0. The van der Waals surface area contributed by atoms with E-state index in [9.17, 15) is 0 Å². The molecule has 0 spiro atoms. The van der Waals surface area contributed by atoms with Crippen molar-refractivity contribution in [2.75, 3.05) is 26.4 Å². The molecule has 0 bridgehead atoms. The Hall–Kier alpha value is -0.340. The Morgan fingerprint density at radius 3 is 2.55 bits per heavy atom. The van der Waals surface area contributed by atoms with Gasteiger partial charge >= 0.3 is 0 Å². The molecule has 0 N–H and O–H groups in total. The molecule has 0 unspecified atom stereocenters. The van der Waals surface area contributed by atoms with Crippen LogP contribution in [-0.4, -0.2) is 26.4 Å². The van der Waals surface area contributed by atoms with Crippen LogP contribution in [0.25, 0.3) is 0 Å². The van der Waals surface area contributed by atoms with Gasteiger partial charge in [-0.1, -0.05) is 19.4 Å². The van der Waals surface area contributed by atoms with Crippen molar-refractivity contribution >= 4 is 0 Å². The van der Waals surface area contributed by atoms with E-state index in [2.05, 4.69) is 13.5 Å². The first-order valence-electron chi connectivity index (χ1n) is 4.18. The van der Waals surface area contributed by atoms with Crippen LogP contribution in [0.2, 0.25) is 0 Å². The standard InChI is InChI=1S/C9H18O2/c1-3-5-7-11-9-8-10-6-4-2/h4H,2-3,5-9H2,1H3. The average Bonchev–Trinajstić information content (AvgIpc) is 2.03. The molecule has 11 heavy (non-hydrogen) atoms. The van der Waals surface area contributed by atoms with E-state index in [0.29, 0.717) is 19.8 Å². The van der Waals surface area contributed by atoms with Gasteiger partial charge in [0.25, 0.3) is 0 Å². The molecule has 2 heteroatoms. The maximum atomic E-state index is 5.26. The molecular weight excluding hydrogens is 140 g/mol. The number of unbranched alkanes of at least 4 members (excludes halogenated alkanes) is 1. The summed E-state index contributed by atoms with van der Waals surface area (Å²) in [6.45, 7) is 8.55. The molecule has 66 valence electrons. The maximum absolute atomic E-state index is 5.26. The van der Waals surface area contributed by atoms with Crippen molar-refractivity contribution in [3.05, 3.63) is 12.7 Å². The summed E-state index contributed by atoms with van der Waals surface area (Å²) >= 11 is 0. The van der Waals surface area contributed by atoms with Crippen LogP contribution in [0.4, 0.5) is 0 Å². The highest BCUT2D eigenvalue weighted by Gasteiger charge is 1.86. The van der Waals surface area contributed by atoms with Crippen molar-refractivity contribution < 1.29 is 9.47 Å². The van der Waals surface area contributed by atoms with Crippen LogP contribution in [0.3, 0.4) is 0 Å². The second-order valence-electron chi connectivity index (χ2n) is 2.33. The lowest BCUT2D eigenvalue weighted by Gasteiger charge is -2.02. The fourth-order valence-electron chi connectivity index (χ4n) is 0.633. The Kier molecular flexibility index (Phi) is 9.36. The summed E-state index contributed by atoms with van der Waals surface area (Å²) in [7, 11) is 0. The summed E-state index contributed by atoms with van der Waals surface area (Å²) in [6.07, 6.45) is 4.07. The average molecular weight is 158 g/mol. The summed E-state index contributed by atoms with van der Waals surface area (Å²) in [5.74, 6) is 0. The van der Waals surface area contributed by atoms with Crippen LogP contribution in [0.1, 0.15) is 19.8 Å². The zero-order chi connectivity index (χ0) is 8.36. The van der Waals surface area contributed by atoms with Crippen molar-refractivity contribution in [3.8, 4) is 0 Å². The summed E-state index contributed by atoms with van der Waals surface area (Å²) in [6, 6.07) is 0. The van der Waals surface area contributed by atoms with Crippen molar-refractivity contribution in [1.82, 2.24) is 0 Å². The van der Waals surface area contributed by atoms with Gasteiger partial charge in [-0.2, -0.15) is 0 Å². The summed E-state index contributed by atoms with van der Waals surface area (Å²) < 4.78 is 10.4. The molecule has 0 saturated carbocycles. The van der Waals surface area contributed by atoms with Crippen LogP contribution in [0.15, 0.2) is 12.7 Å². The smallest absolute Gasteiger partial charge is 0.0704 e. The number of hydrogen-bond acceptors (Lipinski definition) is 2. The van der Waals surface area contributed by atoms with Gasteiger partial charge < -0.3 is 9.47 Å². The SMILES string of the molecule is C=CCOCCOCCCC. The third kappa shape index (κ3) is 9.66. The highest BCUT2D eigenvalue weighted by atomic mass is 16.5. The van der Waals surface area contributed by atoms with Crippen molar-refractivity contribution in [2.45, 2.75) is 19.8 Å². The van der Waals surface area contributed by atoms with E-state index in [1.807, 2.05) is 0 Å². The van der Waals surface area contributed by atoms with Crippen molar-refractivity contribution in [2.24, 2.45) is 0 Å². The lowest BCUT2D eigenvalue weighted by atomic mass is 10.4. The molecule has 0 radical (unpaired) electrons. The molecule has 0 amide bonds. The molecule has 2 nitrogen and oxygen atoms in total. The summed E-state index contributed by atoms with van der Waals surface area (Å²) in [5, 5.41) is 0. The molecule has 0 heterocycles. The summed E-state index contributed by atoms with van der Waals surface area (Å²) in [5.41, 5.74) is 0. The van der Waals surface area contributed by atoms with Crippen LogP contribution in [-0.2, 0) is 9.47 Å². The largest absolute Gasteiger partial charge is 0.379 e. The Morgan fingerprint density at radius 1 is 1.18 bits per heavy atom. The second-order valence-corrected chi connectivity index (χ2v) is 2.33. The van der Waals surface area contributed by atoms with Crippen LogP contribution < -0.4 is 0 Å². The molecule has 0 fully saturated rings. The van der Waals surface area contributed by atoms with Crippen LogP contribution >= 0.6 is 0 Å². The van der Waals surface area contributed by atoms with Gasteiger partial charge in [0, 0.05) is 6.61 Å². The van der Waals surface area contributed by atoms with Gasteiger partial charge in [-0.05, 0) is 6.42 Å². The first-order valence-corrected chi connectivity index (χ1v) is 4.18. The zero-order valence-corrected chi connectivity index (χ0v) is 7.34. The zero-order valence-electron chi connectivity index (χ0n) is 7.34. The van der Waals surface area contributed by atoms with Gasteiger partial charge in [0.15, 0.2) is 0 Å². The van der Waals surface area contributed by atoms with E-state index >= 15 is 0 Å². The first kappa shape index (κ1) is 10.7. The molecule has 0 aliphatic rings. The molecule has 0 atom stereocenters. The lowest BCUT2D eigenvalue weighted by molar-refractivity contribution is 0.0573. The van der Waals surface area contributed by atoms with Crippen molar-refractivity contribution in [1.29, 1.82) is 0 Å². The molecule has 0 aliphatic heterocycles. The van der Waals surface area contributed by atoms with E-state index in [0.717, 1.165) is 13.0 Å². The van der Waals surface area contributed by atoms with E-state index in [1.165, 1.54) is 6.42 Å². The van der Waals surface area contributed by atoms with Gasteiger partial charge in [-0.15, -0.1) is 6.58 Å². The monoisotopic (exact) mass is 158 g/mol. The fourth-order valence-corrected chi connectivity index (χ4v) is 0.633. The normalized spacial score (nSPS) is 9.91. The van der Waals surface area contributed by atoms with E-state index in [1.54, 1.807) is 6.08 Å². The predicted octanol–water partition coefficient (Wildman–Crippen LogP) is 2.01. The third-order valence-electron chi connectivity index (χ3n) is 1.25. The number of ether oxygens (including phenoxy) is 2. The van der Waals surface area contributed by atoms with E-state index in [-0.39, 0.29) is 0 Å². The maximum Gasteiger partial charge on any atom is 0.0704 e. The minimum atomic E-state index is 0.622. The second kappa shape index (κ2) is 9.66. The van der Waals surface area contributed by atoms with Gasteiger partial charge in [0.2, 0.25) is 0 Å². The Morgan fingerprint density at radius 2 is 1.91 bits per heavy atom. The Labute approximate surface area is 69.2 Å². The molecule has 0 rings (SSSR count). The molecule has 0 aromatic heterocycles. The minimum Gasteiger partial charge on any atom is -0.379 e. The first-order chi connectivity index (χ1) is 5.41. The molecule has 0 aromatic carbocycles. The molecular formula is C9H18O2. The highest BCUT2D eigenvalue weighted by Crippen LogP contribution is 1.87. The van der Waals surface area contributed by atoms with E-state index in [4.69, 9.17) is 9.47 Å². The van der Waals surface area contributed by atoms with Crippen LogP contribution in [0, 0.1) is 0 Å². The number of rotatable bonds is 8. The van der Waals surface area contributed by atoms with E-state index < -0.39 is 0 Å². The minimum absolute atomic E-state index is 0.622. The van der Waals surface area contributed by atoms with Gasteiger partial charge in [-0.3, -0.25) is 0 Å². The molecule has 0 aromatic rings. The molecule has 0 aliphatic carbocycles. The van der Waals surface area contributed by atoms with Gasteiger partial charge in [-0.25, -0.2) is 0 Å². The third-order valence-corrected chi connectivity index (χ3v) is 1.25. The Bertz CT molecular complexity index is 81.6. The van der Waals surface area contributed by atoms with Gasteiger partial charge in [0.05, 0.1) is 19.8 Å². The fraction of sp³-hybridized carbons (Fsp3) is 0.778. The van der Waals surface area contributed by atoms with Crippen LogP contribution in [0.5, 0.6) is 0 Å². The van der Waals surface area contributed by atoms with Crippen molar-refractivity contribution in [3.63, 3.8) is 0 Å². The van der Waals surface area contributed by atoms with Gasteiger partial charge in [0.1, 0.15) is 0 Å². The highest BCUT2D eigenvalue weighted by molar-refractivity contribution is 4.63. The molecule has 0 saturated heterocycles. The summed E-state index contributed by atoms with van der Waals surface area (Å²) in [4.78, 5) is 0.